The van der Waals surface area contributed by atoms with Gasteiger partial charge in [-0.15, -0.1) is 0 Å². The van der Waals surface area contributed by atoms with Crippen LogP contribution in [0.15, 0.2) is 36.4 Å². The number of aromatic hydroxyl groups is 1. The highest BCUT2D eigenvalue weighted by Gasteiger charge is 2.18. The summed E-state index contributed by atoms with van der Waals surface area (Å²) in [6.07, 6.45) is 1.06. The fraction of sp³-hybridized carbons (Fsp3) is 0.400. The van der Waals surface area contributed by atoms with E-state index < -0.39 is 0 Å². The van der Waals surface area contributed by atoms with Gasteiger partial charge in [-0.1, -0.05) is 62.3 Å². The molecular weight excluding hydrogens is 284 g/mol. The van der Waals surface area contributed by atoms with Crippen molar-refractivity contribution in [2.45, 2.75) is 52.5 Å². The van der Waals surface area contributed by atoms with Crippen LogP contribution in [0.5, 0.6) is 5.75 Å². The predicted octanol–water partition coefficient (Wildman–Crippen LogP) is 4.30. The normalized spacial score (nSPS) is 11.7. The topological polar surface area (TPSA) is 20.2 Å². The largest absolute Gasteiger partial charge is 0.508 e. The first-order valence-electron chi connectivity index (χ1n) is 7.91. The Hall–Kier alpha value is -1.54. The lowest BCUT2D eigenvalue weighted by atomic mass is 9.85. The maximum absolute atomic E-state index is 10.0. The standard InChI is InChI=1S/C20H26OSi/c1-14-7-6-8-19(15(14)2)22-12-11-16-9-10-18(21)17(13-16)20(3,4)5/h6-10,13,21H,11-12H2,1-5H3. The lowest BCUT2D eigenvalue weighted by molar-refractivity contribution is 0.446. The van der Waals surface area contributed by atoms with Crippen molar-refractivity contribution in [3.63, 3.8) is 0 Å². The van der Waals surface area contributed by atoms with E-state index in [4.69, 9.17) is 0 Å². The molecule has 2 rings (SSSR count). The molecule has 2 radical (unpaired) electrons. The van der Waals surface area contributed by atoms with Crippen LogP contribution in [-0.2, 0) is 11.8 Å². The average molecular weight is 311 g/mol. The molecule has 2 aromatic rings. The first kappa shape index (κ1) is 16.8. The Kier molecular flexibility index (Phi) is 5.12. The third-order valence-corrected chi connectivity index (χ3v) is 5.63. The molecule has 22 heavy (non-hydrogen) atoms. The maximum Gasteiger partial charge on any atom is 0.119 e. The molecule has 0 heterocycles. The highest BCUT2D eigenvalue weighted by atomic mass is 28.2. The SMILES string of the molecule is Cc1cccc([Si]CCc2ccc(O)c(C(C)(C)C)c2)c1C. The van der Waals surface area contributed by atoms with Gasteiger partial charge in [-0.25, -0.2) is 0 Å². The fourth-order valence-corrected chi connectivity index (χ4v) is 3.98. The van der Waals surface area contributed by atoms with E-state index in [1.54, 1.807) is 0 Å². The molecular formula is C20H26OSi. The van der Waals surface area contributed by atoms with E-state index in [1.807, 2.05) is 6.07 Å². The Morgan fingerprint density at radius 3 is 2.45 bits per heavy atom. The second-order valence-corrected chi connectivity index (χ2v) is 8.42. The van der Waals surface area contributed by atoms with E-state index in [9.17, 15) is 5.11 Å². The summed E-state index contributed by atoms with van der Waals surface area (Å²) in [5.74, 6) is 0.410. The second-order valence-electron chi connectivity index (χ2n) is 7.03. The molecule has 0 amide bonds. The number of aryl methyl sites for hydroxylation is 2. The van der Waals surface area contributed by atoms with Crippen LogP contribution < -0.4 is 5.19 Å². The van der Waals surface area contributed by atoms with Gasteiger partial charge in [0.1, 0.15) is 5.75 Å². The van der Waals surface area contributed by atoms with Gasteiger partial charge in [-0.3, -0.25) is 0 Å². The van der Waals surface area contributed by atoms with E-state index in [1.165, 1.54) is 27.9 Å². The smallest absolute Gasteiger partial charge is 0.119 e. The van der Waals surface area contributed by atoms with Crippen molar-refractivity contribution in [1.29, 1.82) is 0 Å². The van der Waals surface area contributed by atoms with Crippen molar-refractivity contribution in [2.75, 3.05) is 0 Å². The van der Waals surface area contributed by atoms with E-state index in [0.29, 0.717) is 5.75 Å². The third kappa shape index (κ3) is 4.01. The molecule has 116 valence electrons. The van der Waals surface area contributed by atoms with E-state index in [2.05, 4.69) is 65.0 Å². The van der Waals surface area contributed by atoms with Crippen LogP contribution in [0.1, 0.15) is 43.0 Å². The minimum absolute atomic E-state index is 0.0183. The number of rotatable bonds is 4. The summed E-state index contributed by atoms with van der Waals surface area (Å²) in [7, 11) is 0.843. The molecule has 1 N–H and O–H groups in total. The van der Waals surface area contributed by atoms with Crippen molar-refractivity contribution in [3.8, 4) is 5.75 Å². The highest BCUT2D eigenvalue weighted by Crippen LogP contribution is 2.31. The molecule has 0 aliphatic rings. The van der Waals surface area contributed by atoms with Gasteiger partial charge < -0.3 is 5.11 Å². The molecule has 0 saturated heterocycles. The number of hydrogen-bond acceptors (Lipinski definition) is 1. The van der Waals surface area contributed by atoms with Gasteiger partial charge in [-0.2, -0.15) is 0 Å². The average Bonchev–Trinajstić information content (AvgIpc) is 2.44. The molecule has 2 aromatic carbocycles. The van der Waals surface area contributed by atoms with Crippen molar-refractivity contribution in [3.05, 3.63) is 58.7 Å². The summed E-state index contributed by atoms with van der Waals surface area (Å²) < 4.78 is 0. The summed E-state index contributed by atoms with van der Waals surface area (Å²) in [6, 6.07) is 13.8. The first-order valence-corrected chi connectivity index (χ1v) is 9.12. The predicted molar refractivity (Wildman–Crippen MR) is 96.6 cm³/mol. The Balaban J connectivity index is 2.05. The summed E-state index contributed by atoms with van der Waals surface area (Å²) in [5, 5.41) is 11.5. The zero-order valence-electron chi connectivity index (χ0n) is 14.3. The number of benzene rings is 2. The Labute approximate surface area is 137 Å². The zero-order valence-corrected chi connectivity index (χ0v) is 15.3. The molecule has 0 bridgehead atoms. The Morgan fingerprint density at radius 1 is 1.05 bits per heavy atom. The zero-order chi connectivity index (χ0) is 16.3. The third-order valence-electron chi connectivity index (χ3n) is 4.20. The van der Waals surface area contributed by atoms with Crippen LogP contribution in [0.25, 0.3) is 0 Å². The van der Waals surface area contributed by atoms with Crippen LogP contribution in [0, 0.1) is 13.8 Å². The minimum atomic E-state index is -0.0183. The molecule has 0 aliphatic heterocycles. The highest BCUT2D eigenvalue weighted by molar-refractivity contribution is 6.54. The van der Waals surface area contributed by atoms with Crippen LogP contribution in [0.4, 0.5) is 0 Å². The Morgan fingerprint density at radius 2 is 1.77 bits per heavy atom. The van der Waals surface area contributed by atoms with Crippen molar-refractivity contribution in [1.82, 2.24) is 0 Å². The van der Waals surface area contributed by atoms with Gasteiger partial charge in [-0.05, 0) is 54.0 Å². The van der Waals surface area contributed by atoms with Gasteiger partial charge in [0.05, 0.1) is 9.52 Å². The quantitative estimate of drug-likeness (QED) is 0.835. The number of phenolic OH excluding ortho intramolecular Hbond substituents is 1. The lowest BCUT2D eigenvalue weighted by Crippen LogP contribution is -2.18. The monoisotopic (exact) mass is 310 g/mol. The van der Waals surface area contributed by atoms with Crippen LogP contribution in [0.3, 0.4) is 0 Å². The molecule has 0 aromatic heterocycles. The summed E-state index contributed by atoms with van der Waals surface area (Å²) in [6.45, 7) is 10.8. The molecule has 0 atom stereocenters. The van der Waals surface area contributed by atoms with Gasteiger partial charge in [0, 0.05) is 0 Å². The van der Waals surface area contributed by atoms with Crippen LogP contribution in [-0.4, -0.2) is 14.6 Å². The molecule has 2 heteroatoms. The van der Waals surface area contributed by atoms with E-state index >= 15 is 0 Å². The van der Waals surface area contributed by atoms with Crippen LogP contribution in [0.2, 0.25) is 6.04 Å². The minimum Gasteiger partial charge on any atom is -0.508 e. The summed E-state index contributed by atoms with van der Waals surface area (Å²) in [4.78, 5) is 0. The van der Waals surface area contributed by atoms with Gasteiger partial charge in [0.25, 0.3) is 0 Å². The number of hydrogen-bond donors (Lipinski definition) is 1. The lowest BCUT2D eigenvalue weighted by Gasteiger charge is -2.21. The van der Waals surface area contributed by atoms with E-state index in [-0.39, 0.29) is 5.41 Å². The van der Waals surface area contributed by atoms with Crippen molar-refractivity contribution in [2.24, 2.45) is 0 Å². The molecule has 0 saturated carbocycles. The molecule has 0 spiro atoms. The summed E-state index contributed by atoms with van der Waals surface area (Å²) >= 11 is 0. The van der Waals surface area contributed by atoms with Crippen molar-refractivity contribution < 1.29 is 5.11 Å². The fourth-order valence-electron chi connectivity index (χ4n) is 2.62. The second kappa shape index (κ2) is 6.70. The molecule has 1 nitrogen and oxygen atoms in total. The maximum atomic E-state index is 10.0. The Bertz CT molecular complexity index is 653. The van der Waals surface area contributed by atoms with Gasteiger partial charge in [0.15, 0.2) is 0 Å². The van der Waals surface area contributed by atoms with Gasteiger partial charge in [0.2, 0.25) is 0 Å². The summed E-state index contributed by atoms with van der Waals surface area (Å²) in [5.41, 5.74) is 5.15. The van der Waals surface area contributed by atoms with Crippen LogP contribution >= 0.6 is 0 Å². The molecule has 0 aliphatic carbocycles. The number of phenols is 1. The molecule has 0 unspecified atom stereocenters. The first-order chi connectivity index (χ1) is 10.3. The van der Waals surface area contributed by atoms with E-state index in [0.717, 1.165) is 21.5 Å². The molecule has 0 fully saturated rings. The van der Waals surface area contributed by atoms with Crippen molar-refractivity contribution >= 4 is 14.7 Å². The van der Waals surface area contributed by atoms with Gasteiger partial charge >= 0.3 is 0 Å².